The second-order valence-corrected chi connectivity index (χ2v) is 7.72. The van der Waals surface area contributed by atoms with E-state index < -0.39 is 17.7 Å². The van der Waals surface area contributed by atoms with Crippen LogP contribution in [-0.4, -0.2) is 54.0 Å². The molecule has 2 rings (SSSR count). The van der Waals surface area contributed by atoms with Crippen LogP contribution in [0, 0.1) is 0 Å². The highest BCUT2D eigenvalue weighted by Crippen LogP contribution is 2.38. The maximum Gasteiger partial charge on any atom is 0.410 e. The number of carbonyl (C=O) groups is 2. The molecule has 1 saturated heterocycles. The predicted octanol–water partition coefficient (Wildman–Crippen LogP) is 4.04. The minimum atomic E-state index is -1.04. The van der Waals surface area contributed by atoms with Crippen LogP contribution in [-0.2, 0) is 9.47 Å². The molecule has 1 aliphatic heterocycles. The van der Waals surface area contributed by atoms with Gasteiger partial charge in [0.2, 0.25) is 0 Å². The van der Waals surface area contributed by atoms with E-state index in [4.69, 9.17) is 14.2 Å². The van der Waals surface area contributed by atoms with E-state index in [2.05, 4.69) is 6.58 Å². The number of piperidine rings is 1. The number of hydrogen-bond donors (Lipinski definition) is 1. The summed E-state index contributed by atoms with van der Waals surface area (Å²) < 4.78 is 16.8. The van der Waals surface area contributed by atoms with E-state index in [9.17, 15) is 14.7 Å². The van der Waals surface area contributed by atoms with Gasteiger partial charge in [0.25, 0.3) is 0 Å². The molecule has 7 nitrogen and oxygen atoms in total. The molecule has 2 atom stereocenters. The van der Waals surface area contributed by atoms with Crippen LogP contribution in [0.1, 0.15) is 55.6 Å². The van der Waals surface area contributed by atoms with Gasteiger partial charge in [-0.05, 0) is 45.7 Å². The molecule has 0 radical (unpaired) electrons. The van der Waals surface area contributed by atoms with Crippen molar-refractivity contribution in [1.82, 2.24) is 4.90 Å². The number of aromatic carboxylic acids is 1. The number of carboxylic acid groups (broad SMARTS) is 1. The Morgan fingerprint density at radius 1 is 1.36 bits per heavy atom. The second kappa shape index (κ2) is 9.10. The molecule has 0 saturated carbocycles. The van der Waals surface area contributed by atoms with Crippen molar-refractivity contribution < 1.29 is 28.9 Å². The van der Waals surface area contributed by atoms with Crippen LogP contribution in [0.5, 0.6) is 5.75 Å². The summed E-state index contributed by atoms with van der Waals surface area (Å²) >= 11 is 0. The monoisotopic (exact) mass is 391 g/mol. The number of benzene rings is 1. The largest absolute Gasteiger partial charge is 0.496 e. The number of carbonyl (C=O) groups excluding carboxylic acids is 1. The molecule has 154 valence electrons. The van der Waals surface area contributed by atoms with Crippen molar-refractivity contribution in [2.45, 2.75) is 51.4 Å². The molecule has 7 heteroatoms. The van der Waals surface area contributed by atoms with E-state index in [1.807, 2.05) is 20.8 Å². The van der Waals surface area contributed by atoms with Gasteiger partial charge in [-0.25, -0.2) is 9.59 Å². The fourth-order valence-electron chi connectivity index (χ4n) is 3.24. The van der Waals surface area contributed by atoms with Crippen LogP contribution >= 0.6 is 0 Å². The second-order valence-electron chi connectivity index (χ2n) is 7.72. The smallest absolute Gasteiger partial charge is 0.410 e. The number of carboxylic acids is 1. The molecule has 0 aliphatic carbocycles. The minimum Gasteiger partial charge on any atom is -0.496 e. The molecular weight excluding hydrogens is 362 g/mol. The van der Waals surface area contributed by atoms with Gasteiger partial charge in [-0.15, -0.1) is 6.58 Å². The van der Waals surface area contributed by atoms with E-state index in [0.717, 1.165) is 5.56 Å². The number of ether oxygens (including phenoxy) is 3. The fourth-order valence-corrected chi connectivity index (χ4v) is 3.24. The van der Waals surface area contributed by atoms with Gasteiger partial charge in [0, 0.05) is 12.1 Å². The van der Waals surface area contributed by atoms with Crippen molar-refractivity contribution >= 4 is 12.1 Å². The van der Waals surface area contributed by atoms with Crippen LogP contribution in [0.25, 0.3) is 0 Å². The lowest BCUT2D eigenvalue weighted by Crippen LogP contribution is -2.45. The van der Waals surface area contributed by atoms with Gasteiger partial charge in [-0.1, -0.05) is 12.1 Å². The quantitative estimate of drug-likeness (QED) is 0.737. The van der Waals surface area contributed by atoms with Gasteiger partial charge >= 0.3 is 12.1 Å². The van der Waals surface area contributed by atoms with Crippen LogP contribution in [0.15, 0.2) is 30.9 Å². The van der Waals surface area contributed by atoms with Crippen molar-refractivity contribution in [2.75, 3.05) is 20.3 Å². The van der Waals surface area contributed by atoms with E-state index in [-0.39, 0.29) is 17.7 Å². The van der Waals surface area contributed by atoms with Crippen molar-refractivity contribution in [3.8, 4) is 5.75 Å². The third-order valence-electron chi connectivity index (χ3n) is 4.47. The highest BCUT2D eigenvalue weighted by atomic mass is 16.6. The lowest BCUT2D eigenvalue weighted by Gasteiger charge is -2.40. The molecule has 1 aromatic rings. The Kier molecular flexibility index (Phi) is 7.07. The molecule has 1 aromatic carbocycles. The first-order chi connectivity index (χ1) is 13.2. The van der Waals surface area contributed by atoms with Gasteiger partial charge in [0.05, 0.1) is 31.4 Å². The minimum absolute atomic E-state index is 0.0504. The Labute approximate surface area is 165 Å². The fraction of sp³-hybridized carbons (Fsp3) is 0.524. The van der Waals surface area contributed by atoms with E-state index in [1.54, 1.807) is 17.0 Å². The van der Waals surface area contributed by atoms with E-state index in [0.29, 0.717) is 31.7 Å². The zero-order valence-corrected chi connectivity index (χ0v) is 16.9. The standard InChI is InChI=1S/C21H29NO6/c1-6-11-27-15-9-10-22(20(25)28-21(2,3)4)17(13-15)16-8-7-14(19(23)24)12-18(16)26-5/h6-8,12,15,17H,1,9-11,13H2,2-5H3,(H,23,24)/t15-,17-/m0/s1. The Bertz CT molecular complexity index is 724. The molecule has 1 fully saturated rings. The summed E-state index contributed by atoms with van der Waals surface area (Å²) in [5.41, 5.74) is 0.236. The normalized spacial score (nSPS) is 19.8. The molecule has 1 N–H and O–H groups in total. The van der Waals surface area contributed by atoms with E-state index >= 15 is 0 Å². The van der Waals surface area contributed by atoms with Gasteiger partial charge in [-0.3, -0.25) is 0 Å². The summed E-state index contributed by atoms with van der Waals surface area (Å²) in [6.45, 7) is 10.0. The maximum absolute atomic E-state index is 12.8. The molecular formula is C21H29NO6. The summed E-state index contributed by atoms with van der Waals surface area (Å²) in [6.07, 6.45) is 2.46. The molecule has 0 unspecified atom stereocenters. The number of methoxy groups -OCH3 is 1. The molecule has 1 aliphatic rings. The van der Waals surface area contributed by atoms with Crippen molar-refractivity contribution in [2.24, 2.45) is 0 Å². The molecule has 0 aromatic heterocycles. The molecule has 28 heavy (non-hydrogen) atoms. The zero-order chi connectivity index (χ0) is 20.9. The van der Waals surface area contributed by atoms with Gasteiger partial charge in [-0.2, -0.15) is 0 Å². The van der Waals surface area contributed by atoms with Crippen LogP contribution in [0.2, 0.25) is 0 Å². The highest BCUT2D eigenvalue weighted by molar-refractivity contribution is 5.88. The maximum atomic E-state index is 12.8. The first-order valence-corrected chi connectivity index (χ1v) is 9.29. The predicted molar refractivity (Wildman–Crippen MR) is 105 cm³/mol. The molecule has 0 spiro atoms. The summed E-state index contributed by atoms with van der Waals surface area (Å²) in [4.78, 5) is 25.8. The average molecular weight is 391 g/mol. The first-order valence-electron chi connectivity index (χ1n) is 9.29. The Balaban J connectivity index is 2.37. The summed E-state index contributed by atoms with van der Waals surface area (Å²) in [5, 5.41) is 9.24. The summed E-state index contributed by atoms with van der Waals surface area (Å²) in [7, 11) is 1.48. The Morgan fingerprint density at radius 2 is 2.07 bits per heavy atom. The number of amides is 1. The zero-order valence-electron chi connectivity index (χ0n) is 16.9. The van der Waals surface area contributed by atoms with Gasteiger partial charge in [0.15, 0.2) is 0 Å². The summed E-state index contributed by atoms with van der Waals surface area (Å²) in [6, 6.07) is 4.33. The first kappa shape index (κ1) is 21.8. The topological polar surface area (TPSA) is 85.3 Å². The molecule has 0 bridgehead atoms. The number of likely N-dealkylation sites (tertiary alicyclic amines) is 1. The Hall–Kier alpha value is -2.54. The van der Waals surface area contributed by atoms with Gasteiger partial charge < -0.3 is 24.2 Å². The van der Waals surface area contributed by atoms with Crippen molar-refractivity contribution in [3.63, 3.8) is 0 Å². The molecule has 1 heterocycles. The summed E-state index contributed by atoms with van der Waals surface area (Å²) in [5.74, 6) is -0.618. The average Bonchev–Trinajstić information content (AvgIpc) is 2.64. The number of nitrogens with zero attached hydrogens (tertiary/aromatic N) is 1. The highest BCUT2D eigenvalue weighted by Gasteiger charge is 2.37. The van der Waals surface area contributed by atoms with Crippen LogP contribution in [0.3, 0.4) is 0 Å². The molecule has 1 amide bonds. The SMILES string of the molecule is C=CCO[C@H]1CCN(C(=O)OC(C)(C)C)[C@H](c2ccc(C(=O)O)cc2OC)C1. The van der Waals surface area contributed by atoms with Crippen molar-refractivity contribution in [3.05, 3.63) is 42.0 Å². The number of rotatable bonds is 6. The lowest BCUT2D eigenvalue weighted by atomic mass is 9.92. The third-order valence-corrected chi connectivity index (χ3v) is 4.47. The Morgan fingerprint density at radius 3 is 2.64 bits per heavy atom. The number of hydrogen-bond acceptors (Lipinski definition) is 5. The lowest BCUT2D eigenvalue weighted by molar-refractivity contribution is -0.0257. The van der Waals surface area contributed by atoms with Crippen LogP contribution in [0.4, 0.5) is 4.79 Å². The van der Waals surface area contributed by atoms with E-state index in [1.165, 1.54) is 19.2 Å². The van der Waals surface area contributed by atoms with Crippen molar-refractivity contribution in [1.29, 1.82) is 0 Å². The third kappa shape index (κ3) is 5.48. The van der Waals surface area contributed by atoms with Crippen LogP contribution < -0.4 is 4.74 Å². The van der Waals surface area contributed by atoms with Gasteiger partial charge in [0.1, 0.15) is 11.4 Å².